The van der Waals surface area contributed by atoms with Crippen LogP contribution in [0, 0.1) is 11.3 Å². The Bertz CT molecular complexity index is 580. The van der Waals surface area contributed by atoms with E-state index in [2.05, 4.69) is 4.72 Å². The average molecular weight is 285 g/mol. The van der Waals surface area contributed by atoms with Gasteiger partial charge < -0.3 is 15.6 Å². The third-order valence-corrected chi connectivity index (χ3v) is 3.93. The van der Waals surface area contributed by atoms with Gasteiger partial charge in [-0.15, -0.1) is 0 Å². The number of nitrogen functional groups attached to an aromatic ring is 1. The van der Waals surface area contributed by atoms with E-state index in [0.29, 0.717) is 0 Å². The second kappa shape index (κ2) is 6.49. The zero-order valence-electron chi connectivity index (χ0n) is 10.3. The van der Waals surface area contributed by atoms with Crippen molar-refractivity contribution in [1.29, 1.82) is 5.26 Å². The highest BCUT2D eigenvalue weighted by molar-refractivity contribution is 7.89. The Hall–Kier alpha value is -1.66. The summed E-state index contributed by atoms with van der Waals surface area (Å²) < 4.78 is 31.2. The van der Waals surface area contributed by atoms with Gasteiger partial charge in [-0.2, -0.15) is 5.26 Å². The molecule has 19 heavy (non-hydrogen) atoms. The van der Waals surface area contributed by atoms with Gasteiger partial charge >= 0.3 is 0 Å². The van der Waals surface area contributed by atoms with E-state index in [1.807, 2.05) is 6.07 Å². The minimum absolute atomic E-state index is 0.0272. The van der Waals surface area contributed by atoms with Crippen LogP contribution in [0.15, 0.2) is 23.1 Å². The molecule has 4 N–H and O–H groups in total. The molecule has 104 valence electrons. The minimum Gasteiger partial charge on any atom is -0.398 e. The molecule has 0 aromatic heterocycles. The lowest BCUT2D eigenvalue weighted by atomic mass is 10.2. The molecule has 8 heteroatoms. The lowest BCUT2D eigenvalue weighted by Crippen LogP contribution is -2.40. The lowest BCUT2D eigenvalue weighted by molar-refractivity contribution is 0.139. The molecule has 0 fully saturated rings. The van der Waals surface area contributed by atoms with E-state index in [1.165, 1.54) is 25.3 Å². The van der Waals surface area contributed by atoms with Crippen LogP contribution in [-0.4, -0.2) is 39.9 Å². The monoisotopic (exact) mass is 285 g/mol. The zero-order chi connectivity index (χ0) is 14.5. The highest BCUT2D eigenvalue weighted by Crippen LogP contribution is 2.19. The summed E-state index contributed by atoms with van der Waals surface area (Å²) in [5, 5.41) is 17.7. The molecule has 1 unspecified atom stereocenters. The van der Waals surface area contributed by atoms with Crippen molar-refractivity contribution >= 4 is 15.7 Å². The number of ether oxygens (including phenoxy) is 1. The predicted molar refractivity (Wildman–Crippen MR) is 68.6 cm³/mol. The van der Waals surface area contributed by atoms with Crippen molar-refractivity contribution < 1.29 is 18.3 Å². The van der Waals surface area contributed by atoms with Crippen molar-refractivity contribution in [3.8, 4) is 6.07 Å². The van der Waals surface area contributed by atoms with E-state index >= 15 is 0 Å². The van der Waals surface area contributed by atoms with Crippen LogP contribution in [0.4, 0.5) is 5.69 Å². The Morgan fingerprint density at radius 1 is 1.58 bits per heavy atom. The third kappa shape index (κ3) is 3.90. The average Bonchev–Trinajstić information content (AvgIpc) is 2.37. The summed E-state index contributed by atoms with van der Waals surface area (Å²) in [5.74, 6) is 0. The maximum atomic E-state index is 12.1. The highest BCUT2D eigenvalue weighted by atomic mass is 32.2. The first-order chi connectivity index (χ1) is 8.94. The topological polar surface area (TPSA) is 125 Å². The largest absolute Gasteiger partial charge is 0.398 e. The fourth-order valence-electron chi connectivity index (χ4n) is 1.47. The van der Waals surface area contributed by atoms with E-state index in [4.69, 9.17) is 20.8 Å². The molecule has 0 aliphatic carbocycles. The molecular formula is C11H15N3O4S. The molecule has 1 rings (SSSR count). The molecule has 0 saturated heterocycles. The summed E-state index contributed by atoms with van der Waals surface area (Å²) in [4.78, 5) is -0.138. The molecule has 7 nitrogen and oxygen atoms in total. The second-order valence-corrected chi connectivity index (χ2v) is 5.50. The van der Waals surface area contributed by atoms with Crippen LogP contribution < -0.4 is 10.5 Å². The van der Waals surface area contributed by atoms with Crippen LogP contribution >= 0.6 is 0 Å². The molecule has 0 heterocycles. The number of aliphatic hydroxyl groups excluding tert-OH is 1. The van der Waals surface area contributed by atoms with Crippen molar-refractivity contribution in [2.75, 3.05) is 26.1 Å². The molecule has 0 aliphatic heterocycles. The van der Waals surface area contributed by atoms with Crippen molar-refractivity contribution in [2.24, 2.45) is 0 Å². The zero-order valence-corrected chi connectivity index (χ0v) is 11.1. The fourth-order valence-corrected chi connectivity index (χ4v) is 2.80. The standard InChI is InChI=1S/C11H15N3O4S/c1-18-7-9(6-15)14-19(16,17)11-3-2-8(5-12)4-10(11)13/h2-4,9,14-15H,6-7,13H2,1H3. The second-order valence-electron chi connectivity index (χ2n) is 3.82. The van der Waals surface area contributed by atoms with E-state index in [-0.39, 0.29) is 22.8 Å². The first-order valence-electron chi connectivity index (χ1n) is 5.36. The Morgan fingerprint density at radius 3 is 2.74 bits per heavy atom. The fraction of sp³-hybridized carbons (Fsp3) is 0.364. The van der Waals surface area contributed by atoms with Crippen LogP contribution in [-0.2, 0) is 14.8 Å². The molecule has 0 saturated carbocycles. The predicted octanol–water partition coefficient (Wildman–Crippen LogP) is -0.574. The Morgan fingerprint density at radius 2 is 2.26 bits per heavy atom. The third-order valence-electron chi connectivity index (χ3n) is 2.34. The number of nitrogens with zero attached hydrogens (tertiary/aromatic N) is 1. The van der Waals surface area contributed by atoms with Crippen LogP contribution in [0.25, 0.3) is 0 Å². The van der Waals surface area contributed by atoms with Gasteiger partial charge in [0.25, 0.3) is 0 Å². The summed E-state index contributed by atoms with van der Waals surface area (Å²) in [5.41, 5.74) is 5.85. The van der Waals surface area contributed by atoms with Gasteiger partial charge in [0.1, 0.15) is 4.90 Å². The van der Waals surface area contributed by atoms with Gasteiger partial charge in [0.05, 0.1) is 36.6 Å². The Labute approximate surface area is 111 Å². The highest BCUT2D eigenvalue weighted by Gasteiger charge is 2.22. The van der Waals surface area contributed by atoms with Gasteiger partial charge in [-0.05, 0) is 18.2 Å². The van der Waals surface area contributed by atoms with Gasteiger partial charge in [0.15, 0.2) is 0 Å². The van der Waals surface area contributed by atoms with Gasteiger partial charge in [0.2, 0.25) is 10.0 Å². The summed E-state index contributed by atoms with van der Waals surface area (Å²) in [6.45, 7) is -0.366. The van der Waals surface area contributed by atoms with Crippen molar-refractivity contribution in [3.05, 3.63) is 23.8 Å². The number of hydrogen-bond donors (Lipinski definition) is 3. The molecule has 0 aliphatic rings. The molecule has 0 spiro atoms. The van der Waals surface area contributed by atoms with Crippen LogP contribution in [0.3, 0.4) is 0 Å². The number of nitrogens with one attached hydrogen (secondary N) is 1. The normalized spacial score (nSPS) is 12.9. The van der Waals surface area contributed by atoms with Crippen molar-refractivity contribution in [3.63, 3.8) is 0 Å². The summed E-state index contributed by atoms with van der Waals surface area (Å²) >= 11 is 0. The number of methoxy groups -OCH3 is 1. The number of rotatable bonds is 6. The van der Waals surface area contributed by atoms with Crippen molar-refractivity contribution in [2.45, 2.75) is 10.9 Å². The summed E-state index contributed by atoms with van der Waals surface area (Å²) in [6.07, 6.45) is 0. The summed E-state index contributed by atoms with van der Waals surface area (Å²) in [6, 6.07) is 4.98. The molecule has 0 amide bonds. The number of aliphatic hydroxyl groups is 1. The number of anilines is 1. The number of nitrogens with two attached hydrogens (primary N) is 1. The maximum absolute atomic E-state index is 12.1. The van der Waals surface area contributed by atoms with Gasteiger partial charge in [0, 0.05) is 7.11 Å². The number of sulfonamides is 1. The van der Waals surface area contributed by atoms with E-state index in [0.717, 1.165) is 0 Å². The van der Waals surface area contributed by atoms with E-state index < -0.39 is 22.7 Å². The van der Waals surface area contributed by atoms with Gasteiger partial charge in [-0.1, -0.05) is 0 Å². The molecule has 1 aromatic rings. The van der Waals surface area contributed by atoms with E-state index in [9.17, 15) is 8.42 Å². The number of hydrogen-bond acceptors (Lipinski definition) is 6. The number of benzene rings is 1. The van der Waals surface area contributed by atoms with Crippen LogP contribution in [0.5, 0.6) is 0 Å². The molecule has 0 bridgehead atoms. The van der Waals surface area contributed by atoms with Gasteiger partial charge in [-0.3, -0.25) is 0 Å². The number of nitriles is 1. The smallest absolute Gasteiger partial charge is 0.243 e. The maximum Gasteiger partial charge on any atom is 0.243 e. The SMILES string of the molecule is COCC(CO)NS(=O)(=O)c1ccc(C#N)cc1N. The summed E-state index contributed by atoms with van der Waals surface area (Å²) in [7, 11) is -2.48. The molecule has 1 aromatic carbocycles. The van der Waals surface area contributed by atoms with Crippen LogP contribution in [0.2, 0.25) is 0 Å². The van der Waals surface area contributed by atoms with Crippen molar-refractivity contribution in [1.82, 2.24) is 4.72 Å². The Kier molecular flexibility index (Phi) is 5.26. The lowest BCUT2D eigenvalue weighted by Gasteiger charge is -2.16. The molecule has 0 radical (unpaired) electrons. The molecule has 1 atom stereocenters. The van der Waals surface area contributed by atoms with E-state index in [1.54, 1.807) is 0 Å². The van der Waals surface area contributed by atoms with Crippen LogP contribution in [0.1, 0.15) is 5.56 Å². The Balaban J connectivity index is 3.04. The molecular weight excluding hydrogens is 270 g/mol. The quantitative estimate of drug-likeness (QED) is 0.601. The van der Waals surface area contributed by atoms with Gasteiger partial charge in [-0.25, -0.2) is 13.1 Å². The first-order valence-corrected chi connectivity index (χ1v) is 6.84. The minimum atomic E-state index is -3.87. The first kappa shape index (κ1) is 15.4.